The Morgan fingerprint density at radius 3 is 2.57 bits per heavy atom. The summed E-state index contributed by atoms with van der Waals surface area (Å²) in [6.07, 6.45) is 1.09. The third-order valence-corrected chi connectivity index (χ3v) is 5.23. The minimum absolute atomic E-state index is 0.267. The van der Waals surface area contributed by atoms with Crippen molar-refractivity contribution in [1.82, 2.24) is 10.6 Å². The van der Waals surface area contributed by atoms with E-state index in [2.05, 4.69) is 16.0 Å². The van der Waals surface area contributed by atoms with Gasteiger partial charge in [-0.25, -0.2) is 8.78 Å². The molecular weight excluding hydrogens is 370 g/mol. The summed E-state index contributed by atoms with van der Waals surface area (Å²) < 4.78 is 28.5. The number of carbonyl (C=O) groups is 3. The fraction of sp³-hybridized carbons (Fsp3) is 0.526. The zero-order chi connectivity index (χ0) is 20.9. The molecule has 2 saturated heterocycles. The Bertz CT molecular complexity index is 729. The highest BCUT2D eigenvalue weighted by molar-refractivity contribution is 6.02. The van der Waals surface area contributed by atoms with Crippen molar-refractivity contribution in [2.24, 2.45) is 0 Å². The van der Waals surface area contributed by atoms with Crippen LogP contribution in [0.15, 0.2) is 18.2 Å². The largest absolute Gasteiger partial charge is 0.386 e. The summed E-state index contributed by atoms with van der Waals surface area (Å²) in [5, 5.41) is 8.13. The fourth-order valence-corrected chi connectivity index (χ4v) is 3.74. The summed E-state index contributed by atoms with van der Waals surface area (Å²) in [7, 11) is 3.50. The van der Waals surface area contributed by atoms with Gasteiger partial charge in [-0.05, 0) is 37.1 Å². The quantitative estimate of drug-likeness (QED) is 0.669. The number of piperidine rings is 2. The number of alkyl halides is 2. The fourth-order valence-electron chi connectivity index (χ4n) is 3.74. The van der Waals surface area contributed by atoms with Gasteiger partial charge >= 0.3 is 0 Å². The molecule has 2 heterocycles. The molecule has 2 unspecified atom stereocenters. The molecule has 2 fully saturated rings. The number of rotatable bonds is 4. The number of amides is 2. The summed E-state index contributed by atoms with van der Waals surface area (Å²) >= 11 is 0. The first-order valence-electron chi connectivity index (χ1n) is 9.09. The Labute approximate surface area is 162 Å². The van der Waals surface area contributed by atoms with E-state index < -0.39 is 17.9 Å². The second-order valence-electron chi connectivity index (χ2n) is 6.88. The smallest absolute Gasteiger partial charge is 0.267 e. The van der Waals surface area contributed by atoms with Gasteiger partial charge in [0.15, 0.2) is 0 Å². The van der Waals surface area contributed by atoms with Crippen molar-refractivity contribution in [3.05, 3.63) is 23.8 Å². The summed E-state index contributed by atoms with van der Waals surface area (Å²) in [4.78, 5) is 33.3. The van der Waals surface area contributed by atoms with Crippen LogP contribution in [0.4, 0.5) is 20.2 Å². The maximum atomic E-state index is 14.2. The number of anilines is 2. The van der Waals surface area contributed by atoms with Crippen LogP contribution in [0.5, 0.6) is 0 Å². The molecule has 1 aromatic carbocycles. The SMILES string of the molecule is C=O.CNc1cc(C2CCNCC2(F)F)ccc1N(C)C1CCC(=O)NC1=O. The Morgan fingerprint density at radius 1 is 1.25 bits per heavy atom. The van der Waals surface area contributed by atoms with E-state index in [9.17, 15) is 18.4 Å². The Kier molecular flexibility index (Phi) is 7.06. The first kappa shape index (κ1) is 21.7. The molecule has 2 atom stereocenters. The van der Waals surface area contributed by atoms with Crippen LogP contribution in [0.3, 0.4) is 0 Å². The molecule has 2 amide bonds. The highest BCUT2D eigenvalue weighted by Gasteiger charge is 2.42. The monoisotopic (exact) mass is 396 g/mol. The standard InChI is InChI=1S/C18H24F2N4O2.CH2O/c1-21-13-9-11(12-7-8-22-10-18(12,19)20)3-4-14(13)24(2)15-5-6-16(25)23-17(15)26;1-2/h3-4,9,12,15,21-22H,5-8,10H2,1-2H3,(H,23,25,26);1H2. The molecule has 0 bridgehead atoms. The Balaban J connectivity index is 0.00000136. The van der Waals surface area contributed by atoms with Crippen LogP contribution in [-0.2, 0) is 14.4 Å². The van der Waals surface area contributed by atoms with E-state index >= 15 is 0 Å². The third-order valence-electron chi connectivity index (χ3n) is 5.23. The van der Waals surface area contributed by atoms with Gasteiger partial charge < -0.3 is 20.3 Å². The van der Waals surface area contributed by atoms with Gasteiger partial charge in [0.1, 0.15) is 12.8 Å². The maximum Gasteiger partial charge on any atom is 0.267 e. The average molecular weight is 396 g/mol. The van der Waals surface area contributed by atoms with E-state index in [4.69, 9.17) is 4.79 Å². The number of hydrogen-bond acceptors (Lipinski definition) is 6. The van der Waals surface area contributed by atoms with E-state index in [1.807, 2.05) is 6.79 Å². The molecule has 2 aliphatic heterocycles. The number of benzene rings is 1. The molecule has 0 saturated carbocycles. The van der Waals surface area contributed by atoms with E-state index in [1.54, 1.807) is 37.2 Å². The zero-order valence-electron chi connectivity index (χ0n) is 16.1. The number of nitrogens with zero attached hydrogens (tertiary/aromatic N) is 1. The van der Waals surface area contributed by atoms with Crippen LogP contribution in [0.25, 0.3) is 0 Å². The van der Waals surface area contributed by atoms with E-state index in [0.29, 0.717) is 30.6 Å². The van der Waals surface area contributed by atoms with Gasteiger partial charge in [0.25, 0.3) is 5.92 Å². The Morgan fingerprint density at radius 2 is 1.96 bits per heavy atom. The highest BCUT2D eigenvalue weighted by Crippen LogP contribution is 2.40. The minimum atomic E-state index is -2.79. The molecule has 154 valence electrons. The normalized spacial score (nSPS) is 23.9. The average Bonchev–Trinajstić information content (AvgIpc) is 2.68. The zero-order valence-corrected chi connectivity index (χ0v) is 16.1. The van der Waals surface area contributed by atoms with Crippen molar-refractivity contribution in [1.29, 1.82) is 0 Å². The van der Waals surface area contributed by atoms with Crippen molar-refractivity contribution in [3.63, 3.8) is 0 Å². The number of carbonyl (C=O) groups excluding carboxylic acids is 3. The molecule has 28 heavy (non-hydrogen) atoms. The van der Waals surface area contributed by atoms with Gasteiger partial charge in [0.05, 0.1) is 23.8 Å². The number of hydrogen-bond donors (Lipinski definition) is 3. The molecule has 2 aliphatic rings. The second kappa shape index (κ2) is 9.09. The molecule has 0 aromatic heterocycles. The predicted octanol–water partition coefficient (Wildman–Crippen LogP) is 1.50. The molecule has 0 spiro atoms. The lowest BCUT2D eigenvalue weighted by atomic mass is 9.86. The lowest BCUT2D eigenvalue weighted by Gasteiger charge is -2.34. The molecule has 3 N–H and O–H groups in total. The first-order valence-corrected chi connectivity index (χ1v) is 9.09. The van der Waals surface area contributed by atoms with Gasteiger partial charge in [0, 0.05) is 20.5 Å². The van der Waals surface area contributed by atoms with Gasteiger partial charge in [-0.3, -0.25) is 14.9 Å². The second-order valence-corrected chi connectivity index (χ2v) is 6.88. The van der Waals surface area contributed by atoms with E-state index in [-0.39, 0.29) is 24.8 Å². The lowest BCUT2D eigenvalue weighted by Crippen LogP contribution is -2.51. The molecule has 0 radical (unpaired) electrons. The summed E-state index contributed by atoms with van der Waals surface area (Å²) in [6.45, 7) is 2.25. The molecule has 3 rings (SSSR count). The molecular formula is C19H26F2N4O3. The maximum absolute atomic E-state index is 14.2. The van der Waals surface area contributed by atoms with Crippen LogP contribution >= 0.6 is 0 Å². The van der Waals surface area contributed by atoms with Gasteiger partial charge in [0.2, 0.25) is 11.8 Å². The van der Waals surface area contributed by atoms with Crippen molar-refractivity contribution in [2.45, 2.75) is 37.1 Å². The molecule has 9 heteroatoms. The van der Waals surface area contributed by atoms with Gasteiger partial charge in [-0.15, -0.1) is 0 Å². The predicted molar refractivity (Wildman–Crippen MR) is 103 cm³/mol. The summed E-state index contributed by atoms with van der Waals surface area (Å²) in [5.74, 6) is -4.22. The van der Waals surface area contributed by atoms with Crippen molar-refractivity contribution < 1.29 is 23.2 Å². The lowest BCUT2D eigenvalue weighted by molar-refractivity contribution is -0.134. The highest BCUT2D eigenvalue weighted by atomic mass is 19.3. The van der Waals surface area contributed by atoms with Crippen LogP contribution in [0.1, 0.15) is 30.7 Å². The van der Waals surface area contributed by atoms with Crippen LogP contribution in [-0.4, -0.2) is 57.8 Å². The third kappa shape index (κ3) is 4.46. The molecule has 0 aliphatic carbocycles. The minimum Gasteiger partial charge on any atom is -0.386 e. The van der Waals surface area contributed by atoms with Gasteiger partial charge in [-0.1, -0.05) is 6.07 Å². The van der Waals surface area contributed by atoms with Crippen LogP contribution < -0.4 is 20.9 Å². The van der Waals surface area contributed by atoms with Gasteiger partial charge in [-0.2, -0.15) is 0 Å². The van der Waals surface area contributed by atoms with Crippen LogP contribution in [0, 0.1) is 0 Å². The molecule has 1 aromatic rings. The number of halogens is 2. The summed E-state index contributed by atoms with van der Waals surface area (Å²) in [5.41, 5.74) is 2.01. The van der Waals surface area contributed by atoms with Crippen molar-refractivity contribution in [3.8, 4) is 0 Å². The van der Waals surface area contributed by atoms with Crippen molar-refractivity contribution >= 4 is 30.0 Å². The summed E-state index contributed by atoms with van der Waals surface area (Å²) in [6, 6.07) is 4.75. The first-order chi connectivity index (χ1) is 13.3. The topological polar surface area (TPSA) is 90.5 Å². The Hall–Kier alpha value is -2.55. The molecule has 7 nitrogen and oxygen atoms in total. The van der Waals surface area contributed by atoms with E-state index in [1.165, 1.54) is 0 Å². The number of likely N-dealkylation sites (N-methyl/N-ethyl adjacent to an activating group) is 1. The van der Waals surface area contributed by atoms with Crippen molar-refractivity contribution in [2.75, 3.05) is 37.4 Å². The number of nitrogens with one attached hydrogen (secondary N) is 3. The van der Waals surface area contributed by atoms with E-state index in [0.717, 1.165) is 5.69 Å². The van der Waals surface area contributed by atoms with Crippen LogP contribution in [0.2, 0.25) is 0 Å². The number of imide groups is 1.